The average molecular weight is 335 g/mol. The number of carbonyl (C=O) groups excluding carboxylic acids is 1. The number of sulfonamides is 1. The summed E-state index contributed by atoms with van der Waals surface area (Å²) in [5.41, 5.74) is -0.589. The second-order valence-corrected chi connectivity index (χ2v) is 7.03. The number of hydrogen-bond donors (Lipinski definition) is 1. The molecule has 124 valence electrons. The fourth-order valence-corrected chi connectivity index (χ4v) is 2.40. The summed E-state index contributed by atoms with van der Waals surface area (Å²) in [4.78, 5) is 13.6. The van der Waals surface area contributed by atoms with Gasteiger partial charge in [0, 0.05) is 13.1 Å². The third-order valence-corrected chi connectivity index (χ3v) is 4.06. The molecule has 0 heterocycles. The van der Waals surface area contributed by atoms with Crippen LogP contribution in [0.1, 0.15) is 0 Å². The number of carbonyl (C=O) groups is 1. The van der Waals surface area contributed by atoms with Crippen molar-refractivity contribution >= 4 is 21.6 Å². The van der Waals surface area contributed by atoms with E-state index >= 15 is 0 Å². The lowest BCUT2D eigenvalue weighted by atomic mass is 10.3. The Kier molecular flexibility index (Phi) is 6.39. The summed E-state index contributed by atoms with van der Waals surface area (Å²) in [6.07, 6.45) is 0.972. The zero-order valence-electron chi connectivity index (χ0n) is 12.6. The lowest BCUT2D eigenvalue weighted by molar-refractivity contribution is -0.116. The minimum Gasteiger partial charge on any atom is -0.320 e. The van der Waals surface area contributed by atoms with Gasteiger partial charge in [-0.1, -0.05) is 6.07 Å². The van der Waals surface area contributed by atoms with Crippen molar-refractivity contribution in [3.8, 4) is 0 Å². The highest BCUT2D eigenvalue weighted by molar-refractivity contribution is 7.88. The highest BCUT2D eigenvalue weighted by Crippen LogP contribution is 2.17. The first-order valence-corrected chi connectivity index (χ1v) is 8.30. The molecule has 0 saturated carbocycles. The van der Waals surface area contributed by atoms with Gasteiger partial charge in [0.1, 0.15) is 17.3 Å². The number of likely N-dealkylation sites (N-methyl/N-ethyl adjacent to an activating group) is 1. The summed E-state index contributed by atoms with van der Waals surface area (Å²) < 4.78 is 51.1. The number of benzene rings is 1. The number of para-hydroxylation sites is 1. The van der Waals surface area contributed by atoms with Crippen LogP contribution in [-0.4, -0.2) is 63.5 Å². The molecule has 0 aliphatic rings. The Bertz CT molecular complexity index is 615. The quantitative estimate of drug-likeness (QED) is 0.797. The van der Waals surface area contributed by atoms with Crippen LogP contribution < -0.4 is 5.32 Å². The average Bonchev–Trinajstić information content (AvgIpc) is 2.37. The number of rotatable bonds is 7. The van der Waals surface area contributed by atoms with Crippen LogP contribution in [0.2, 0.25) is 0 Å². The van der Waals surface area contributed by atoms with Crippen molar-refractivity contribution in [2.45, 2.75) is 0 Å². The van der Waals surface area contributed by atoms with Crippen molar-refractivity contribution in [3.05, 3.63) is 29.8 Å². The summed E-state index contributed by atoms with van der Waals surface area (Å²) in [6.45, 7) is -0.00609. The van der Waals surface area contributed by atoms with Gasteiger partial charge in [-0.25, -0.2) is 17.2 Å². The van der Waals surface area contributed by atoms with E-state index in [-0.39, 0.29) is 6.54 Å². The second kappa shape index (κ2) is 7.61. The second-order valence-electron chi connectivity index (χ2n) is 5.04. The van der Waals surface area contributed by atoms with Gasteiger partial charge in [0.2, 0.25) is 15.9 Å². The predicted octanol–water partition coefficient (Wildman–Crippen LogP) is 0.726. The van der Waals surface area contributed by atoms with Crippen molar-refractivity contribution in [1.82, 2.24) is 9.21 Å². The van der Waals surface area contributed by atoms with Gasteiger partial charge >= 0.3 is 0 Å². The molecule has 0 fully saturated rings. The minimum absolute atomic E-state index is 0.0962. The molecule has 22 heavy (non-hydrogen) atoms. The van der Waals surface area contributed by atoms with Gasteiger partial charge in [-0.15, -0.1) is 0 Å². The molecule has 6 nitrogen and oxygen atoms in total. The van der Waals surface area contributed by atoms with Gasteiger partial charge < -0.3 is 10.2 Å². The van der Waals surface area contributed by atoms with E-state index in [1.165, 1.54) is 6.07 Å². The van der Waals surface area contributed by atoms with E-state index in [4.69, 9.17) is 0 Å². The molecule has 0 radical (unpaired) electrons. The van der Waals surface area contributed by atoms with Crippen molar-refractivity contribution in [3.63, 3.8) is 0 Å². The SMILES string of the molecule is CN(C)CCN(CC(=O)Nc1c(F)cccc1F)S(C)(=O)=O. The van der Waals surface area contributed by atoms with Gasteiger partial charge in [0.15, 0.2) is 0 Å². The molecule has 0 spiro atoms. The number of nitrogens with zero attached hydrogens (tertiary/aromatic N) is 2. The Morgan fingerprint density at radius 1 is 1.18 bits per heavy atom. The summed E-state index contributed by atoms with van der Waals surface area (Å²) in [5.74, 6) is -2.66. The standard InChI is InChI=1S/C13H19F2N3O3S/c1-17(2)7-8-18(22(3,20)21)9-12(19)16-13-10(14)5-4-6-11(13)15/h4-6H,7-9H2,1-3H3,(H,16,19). The Morgan fingerprint density at radius 3 is 2.18 bits per heavy atom. The van der Waals surface area contributed by atoms with Crippen LogP contribution in [0.5, 0.6) is 0 Å². The summed E-state index contributed by atoms with van der Waals surface area (Å²) in [6, 6.07) is 3.17. The lowest BCUT2D eigenvalue weighted by Crippen LogP contribution is -2.41. The van der Waals surface area contributed by atoms with E-state index < -0.39 is 39.8 Å². The number of nitrogens with one attached hydrogen (secondary N) is 1. The van der Waals surface area contributed by atoms with E-state index in [9.17, 15) is 22.0 Å². The third kappa shape index (κ3) is 5.66. The van der Waals surface area contributed by atoms with Crippen LogP contribution in [0, 0.1) is 11.6 Å². The van der Waals surface area contributed by atoms with Crippen molar-refractivity contribution in [1.29, 1.82) is 0 Å². The molecular weight excluding hydrogens is 316 g/mol. The highest BCUT2D eigenvalue weighted by atomic mass is 32.2. The van der Waals surface area contributed by atoms with Gasteiger partial charge in [-0.3, -0.25) is 4.79 Å². The molecule has 1 N–H and O–H groups in total. The molecule has 0 unspecified atom stereocenters. The number of halogens is 2. The highest BCUT2D eigenvalue weighted by Gasteiger charge is 2.21. The maximum absolute atomic E-state index is 13.4. The molecule has 9 heteroatoms. The van der Waals surface area contributed by atoms with Crippen LogP contribution in [0.25, 0.3) is 0 Å². The Morgan fingerprint density at radius 2 is 1.73 bits per heavy atom. The molecule has 1 aromatic rings. The van der Waals surface area contributed by atoms with E-state index in [0.717, 1.165) is 22.7 Å². The van der Waals surface area contributed by atoms with E-state index in [1.807, 2.05) is 0 Å². The van der Waals surface area contributed by atoms with E-state index in [0.29, 0.717) is 6.54 Å². The Hall–Kier alpha value is -1.58. The first-order valence-electron chi connectivity index (χ1n) is 6.45. The van der Waals surface area contributed by atoms with Gasteiger partial charge in [-0.05, 0) is 26.2 Å². The molecular formula is C13H19F2N3O3S. The first kappa shape index (κ1) is 18.5. The van der Waals surface area contributed by atoms with Crippen molar-refractivity contribution in [2.75, 3.05) is 45.3 Å². The van der Waals surface area contributed by atoms with Crippen molar-refractivity contribution < 1.29 is 22.0 Å². The van der Waals surface area contributed by atoms with Crippen LogP contribution in [0.3, 0.4) is 0 Å². The molecule has 0 saturated heterocycles. The molecule has 1 amide bonds. The zero-order chi connectivity index (χ0) is 16.9. The zero-order valence-corrected chi connectivity index (χ0v) is 13.5. The van der Waals surface area contributed by atoms with Crippen LogP contribution in [0.4, 0.5) is 14.5 Å². The first-order chi connectivity index (χ1) is 10.1. The van der Waals surface area contributed by atoms with Crippen LogP contribution in [0.15, 0.2) is 18.2 Å². The smallest absolute Gasteiger partial charge is 0.239 e. The minimum atomic E-state index is -3.61. The van der Waals surface area contributed by atoms with E-state index in [1.54, 1.807) is 19.0 Å². The van der Waals surface area contributed by atoms with Gasteiger partial charge in [0.05, 0.1) is 12.8 Å². The Labute approximate surface area is 128 Å². The molecule has 1 aromatic carbocycles. The molecule has 0 bridgehead atoms. The largest absolute Gasteiger partial charge is 0.320 e. The maximum Gasteiger partial charge on any atom is 0.239 e. The van der Waals surface area contributed by atoms with Gasteiger partial charge in [0.25, 0.3) is 0 Å². The Balaban J connectivity index is 2.79. The van der Waals surface area contributed by atoms with E-state index in [2.05, 4.69) is 5.32 Å². The molecule has 0 aliphatic heterocycles. The normalized spacial score (nSPS) is 12.0. The fourth-order valence-electron chi connectivity index (χ4n) is 1.63. The number of amides is 1. The number of anilines is 1. The topological polar surface area (TPSA) is 69.7 Å². The maximum atomic E-state index is 13.4. The van der Waals surface area contributed by atoms with Gasteiger partial charge in [-0.2, -0.15) is 4.31 Å². The third-order valence-electron chi connectivity index (χ3n) is 2.81. The molecule has 1 rings (SSSR count). The molecule has 0 atom stereocenters. The monoisotopic (exact) mass is 335 g/mol. The van der Waals surface area contributed by atoms with Crippen LogP contribution >= 0.6 is 0 Å². The predicted molar refractivity (Wildman–Crippen MR) is 80.0 cm³/mol. The summed E-state index contributed by atoms with van der Waals surface area (Å²) >= 11 is 0. The summed E-state index contributed by atoms with van der Waals surface area (Å²) in [5, 5.41) is 2.06. The lowest BCUT2D eigenvalue weighted by Gasteiger charge is -2.21. The molecule has 0 aliphatic carbocycles. The van der Waals surface area contributed by atoms with Crippen LogP contribution in [-0.2, 0) is 14.8 Å². The fraction of sp³-hybridized carbons (Fsp3) is 0.462. The summed E-state index contributed by atoms with van der Waals surface area (Å²) in [7, 11) is -0.0915. The molecule has 0 aromatic heterocycles. The van der Waals surface area contributed by atoms with Crippen molar-refractivity contribution in [2.24, 2.45) is 0 Å². The number of hydrogen-bond acceptors (Lipinski definition) is 4.